The molecule has 3 aliphatic rings. The molecule has 1 saturated heterocycles. The number of fused-ring (bicyclic) bond motifs is 3. The maximum absolute atomic E-state index is 13.4. The molecule has 3 heterocycles. The van der Waals surface area contributed by atoms with Gasteiger partial charge in [0.1, 0.15) is 5.54 Å². The van der Waals surface area contributed by atoms with Gasteiger partial charge in [0.2, 0.25) is 0 Å². The number of allylic oxidation sites excluding steroid dienone is 1. The van der Waals surface area contributed by atoms with Gasteiger partial charge in [-0.3, -0.25) is 14.5 Å². The highest BCUT2D eigenvalue weighted by molar-refractivity contribution is 7.10. The quantitative estimate of drug-likeness (QED) is 0.589. The summed E-state index contributed by atoms with van der Waals surface area (Å²) in [5, 5.41) is 4.87. The van der Waals surface area contributed by atoms with Crippen LogP contribution in [0.5, 0.6) is 0 Å². The number of thiophene rings is 1. The topological polar surface area (TPSA) is 69.7 Å². The fraction of sp³-hybridized carbons (Fsp3) is 0.375. The fourth-order valence-corrected chi connectivity index (χ4v) is 6.30. The van der Waals surface area contributed by atoms with Crippen molar-refractivity contribution in [2.24, 2.45) is 0 Å². The van der Waals surface area contributed by atoms with E-state index in [0.717, 1.165) is 45.1 Å². The van der Waals surface area contributed by atoms with Crippen LogP contribution in [0.3, 0.4) is 0 Å². The van der Waals surface area contributed by atoms with Gasteiger partial charge in [-0.25, -0.2) is 4.79 Å². The maximum atomic E-state index is 13.4. The number of anilines is 1. The molecule has 1 aromatic carbocycles. The standard InChI is InChI=1S/C24H25N3O3S/c1-23(2)16-7-4-5-8-18(16)26(3)20(23)13-15(28)14-27-21(29)24(25-22(27)30)11-6-9-19-17(24)10-12-31-19/h4-5,7-8,10,12-13H,6,9,11,14H2,1-3H3,(H,25,30)/b20-13-/t24-/m1/s1. The average molecular weight is 436 g/mol. The van der Waals surface area contributed by atoms with E-state index in [1.54, 1.807) is 17.4 Å². The number of carbonyl (C=O) groups excluding carboxylic acids is 3. The molecule has 1 fully saturated rings. The Hall–Kier alpha value is -2.93. The predicted molar refractivity (Wildman–Crippen MR) is 120 cm³/mol. The van der Waals surface area contributed by atoms with Crippen LogP contribution in [0.2, 0.25) is 0 Å². The van der Waals surface area contributed by atoms with Gasteiger partial charge in [0, 0.05) is 40.4 Å². The third-order valence-corrected chi connectivity index (χ3v) is 7.87. The van der Waals surface area contributed by atoms with E-state index in [-0.39, 0.29) is 23.7 Å². The van der Waals surface area contributed by atoms with Crippen LogP contribution in [0.1, 0.15) is 42.7 Å². The molecule has 6 nitrogen and oxygen atoms in total. The number of para-hydroxylation sites is 1. The van der Waals surface area contributed by atoms with Crippen molar-refractivity contribution in [3.8, 4) is 0 Å². The number of nitrogens with zero attached hydrogens (tertiary/aromatic N) is 2. The van der Waals surface area contributed by atoms with Gasteiger partial charge >= 0.3 is 6.03 Å². The number of hydrogen-bond donors (Lipinski definition) is 1. The Morgan fingerprint density at radius 3 is 2.74 bits per heavy atom. The highest BCUT2D eigenvalue weighted by atomic mass is 32.1. The number of nitrogens with one attached hydrogen (secondary N) is 1. The second-order valence-electron chi connectivity index (χ2n) is 9.03. The average Bonchev–Trinajstić information content (AvgIpc) is 3.37. The van der Waals surface area contributed by atoms with Crippen LogP contribution in [0.15, 0.2) is 47.5 Å². The van der Waals surface area contributed by atoms with Crippen LogP contribution in [0.25, 0.3) is 0 Å². The molecule has 1 atom stereocenters. The zero-order chi connectivity index (χ0) is 22.0. The second-order valence-corrected chi connectivity index (χ2v) is 10.0. The predicted octanol–water partition coefficient (Wildman–Crippen LogP) is 3.71. The molecule has 3 amide bonds. The third-order valence-electron chi connectivity index (χ3n) is 6.89. The first-order chi connectivity index (χ1) is 14.8. The van der Waals surface area contributed by atoms with Crippen molar-refractivity contribution in [1.29, 1.82) is 0 Å². The lowest BCUT2D eigenvalue weighted by Gasteiger charge is -2.31. The van der Waals surface area contributed by atoms with Gasteiger partial charge in [0.15, 0.2) is 5.78 Å². The van der Waals surface area contributed by atoms with Gasteiger partial charge in [-0.15, -0.1) is 11.3 Å². The Kier molecular flexibility index (Phi) is 4.38. The molecule has 0 unspecified atom stereocenters. The van der Waals surface area contributed by atoms with Gasteiger partial charge < -0.3 is 10.2 Å². The van der Waals surface area contributed by atoms with Crippen LogP contribution >= 0.6 is 11.3 Å². The monoisotopic (exact) mass is 435 g/mol. The van der Waals surface area contributed by atoms with Crippen LogP contribution in [0.4, 0.5) is 10.5 Å². The van der Waals surface area contributed by atoms with Crippen molar-refractivity contribution in [3.05, 3.63) is 63.5 Å². The van der Waals surface area contributed by atoms with Crippen molar-refractivity contribution < 1.29 is 14.4 Å². The van der Waals surface area contributed by atoms with Gasteiger partial charge in [0.25, 0.3) is 5.91 Å². The normalized spacial score (nSPS) is 25.2. The van der Waals surface area contributed by atoms with Crippen molar-refractivity contribution in [1.82, 2.24) is 10.2 Å². The molecule has 0 saturated carbocycles. The zero-order valence-electron chi connectivity index (χ0n) is 17.9. The molecule has 5 rings (SSSR count). The largest absolute Gasteiger partial charge is 0.347 e. The Bertz CT molecular complexity index is 1150. The Balaban J connectivity index is 1.41. The minimum absolute atomic E-state index is 0.254. The third kappa shape index (κ3) is 2.79. The highest BCUT2D eigenvalue weighted by Gasteiger charge is 2.54. The number of likely N-dealkylation sites (N-methyl/N-ethyl adjacent to an activating group) is 1. The number of urea groups is 1. The summed E-state index contributed by atoms with van der Waals surface area (Å²) in [6.07, 6.45) is 3.91. The van der Waals surface area contributed by atoms with Crippen LogP contribution in [-0.2, 0) is 27.0 Å². The number of benzene rings is 1. The number of rotatable bonds is 3. The lowest BCUT2D eigenvalue weighted by atomic mass is 9.80. The molecular formula is C24H25N3O3S. The first-order valence-corrected chi connectivity index (χ1v) is 11.4. The van der Waals surface area contributed by atoms with E-state index >= 15 is 0 Å². The summed E-state index contributed by atoms with van der Waals surface area (Å²) >= 11 is 1.62. The zero-order valence-corrected chi connectivity index (χ0v) is 18.7. The SMILES string of the molecule is CN1/C(=C\C(=O)CN2C(=O)N[C@@]3(CCCc4sccc43)C2=O)C(C)(C)c2ccccc21. The van der Waals surface area contributed by atoms with E-state index in [9.17, 15) is 14.4 Å². The summed E-state index contributed by atoms with van der Waals surface area (Å²) in [5.41, 5.74) is 2.61. The van der Waals surface area contributed by atoms with Gasteiger partial charge in [-0.2, -0.15) is 0 Å². The number of amides is 3. The first kappa shape index (κ1) is 20.0. The molecule has 1 aromatic heterocycles. The van der Waals surface area contributed by atoms with Crippen molar-refractivity contribution in [2.75, 3.05) is 18.5 Å². The minimum Gasteiger partial charge on any atom is -0.347 e. The van der Waals surface area contributed by atoms with Crippen LogP contribution < -0.4 is 10.2 Å². The summed E-state index contributed by atoms with van der Waals surface area (Å²) in [4.78, 5) is 43.4. The van der Waals surface area contributed by atoms with Crippen LogP contribution in [-0.4, -0.2) is 36.2 Å². The van der Waals surface area contributed by atoms with E-state index in [1.165, 1.54) is 0 Å². The van der Waals surface area contributed by atoms with Gasteiger partial charge in [-0.05, 0) is 42.3 Å². The Morgan fingerprint density at radius 2 is 1.97 bits per heavy atom. The summed E-state index contributed by atoms with van der Waals surface area (Å²) in [6.45, 7) is 3.91. The molecule has 31 heavy (non-hydrogen) atoms. The molecule has 1 spiro atoms. The molecular weight excluding hydrogens is 410 g/mol. The Morgan fingerprint density at radius 1 is 1.19 bits per heavy atom. The molecule has 160 valence electrons. The molecule has 1 N–H and O–H groups in total. The van der Waals surface area contributed by atoms with E-state index in [0.29, 0.717) is 6.42 Å². The number of imide groups is 1. The summed E-state index contributed by atoms with van der Waals surface area (Å²) < 4.78 is 0. The first-order valence-electron chi connectivity index (χ1n) is 10.5. The molecule has 2 aromatic rings. The van der Waals surface area contributed by atoms with E-state index < -0.39 is 11.6 Å². The lowest BCUT2D eigenvalue weighted by molar-refractivity contribution is -0.134. The number of ketones is 1. The lowest BCUT2D eigenvalue weighted by Crippen LogP contribution is -2.46. The van der Waals surface area contributed by atoms with Crippen molar-refractivity contribution >= 4 is 34.7 Å². The van der Waals surface area contributed by atoms with Crippen molar-refractivity contribution in [2.45, 2.75) is 44.1 Å². The van der Waals surface area contributed by atoms with E-state index in [2.05, 4.69) is 25.2 Å². The van der Waals surface area contributed by atoms with E-state index in [1.807, 2.05) is 41.6 Å². The summed E-state index contributed by atoms with van der Waals surface area (Å²) in [5.74, 6) is -0.574. The van der Waals surface area contributed by atoms with Gasteiger partial charge in [0.05, 0.1) is 6.54 Å². The van der Waals surface area contributed by atoms with Crippen molar-refractivity contribution in [3.63, 3.8) is 0 Å². The number of aryl methyl sites for hydroxylation is 1. The summed E-state index contributed by atoms with van der Waals surface area (Å²) in [6, 6.07) is 9.52. The molecule has 0 radical (unpaired) electrons. The fourth-order valence-electron chi connectivity index (χ4n) is 5.30. The molecule has 0 bridgehead atoms. The number of hydrogen-bond acceptors (Lipinski definition) is 5. The molecule has 1 aliphatic carbocycles. The minimum atomic E-state index is -1.02. The van der Waals surface area contributed by atoms with Crippen LogP contribution in [0, 0.1) is 0 Å². The molecule has 7 heteroatoms. The second kappa shape index (κ2) is 6.79. The Labute approximate surface area is 185 Å². The highest BCUT2D eigenvalue weighted by Crippen LogP contribution is 2.46. The van der Waals surface area contributed by atoms with E-state index in [4.69, 9.17) is 0 Å². The number of carbonyl (C=O) groups is 3. The molecule has 2 aliphatic heterocycles. The maximum Gasteiger partial charge on any atom is 0.325 e. The smallest absolute Gasteiger partial charge is 0.325 e. The summed E-state index contributed by atoms with van der Waals surface area (Å²) in [7, 11) is 1.94. The van der Waals surface area contributed by atoms with Gasteiger partial charge in [-0.1, -0.05) is 32.0 Å².